The molecular formula is C16H23BO2. The van der Waals surface area contributed by atoms with Gasteiger partial charge in [-0.05, 0) is 39.6 Å². The van der Waals surface area contributed by atoms with E-state index in [0.717, 1.165) is 6.32 Å². The lowest BCUT2D eigenvalue weighted by atomic mass is 9.75. The van der Waals surface area contributed by atoms with Crippen molar-refractivity contribution in [2.24, 2.45) is 0 Å². The van der Waals surface area contributed by atoms with Crippen LogP contribution >= 0.6 is 0 Å². The van der Waals surface area contributed by atoms with Crippen molar-refractivity contribution in [1.82, 2.24) is 0 Å². The van der Waals surface area contributed by atoms with Crippen LogP contribution in [0.25, 0.3) is 0 Å². The summed E-state index contributed by atoms with van der Waals surface area (Å²) in [4.78, 5) is 0. The predicted molar refractivity (Wildman–Crippen MR) is 80.3 cm³/mol. The van der Waals surface area contributed by atoms with Crippen LogP contribution < -0.4 is 0 Å². The van der Waals surface area contributed by atoms with E-state index in [1.165, 1.54) is 5.56 Å². The molecule has 1 atom stereocenters. The molecule has 0 radical (unpaired) electrons. The molecule has 0 N–H and O–H groups in total. The Morgan fingerprint density at radius 1 is 1.11 bits per heavy atom. The molecule has 19 heavy (non-hydrogen) atoms. The van der Waals surface area contributed by atoms with Gasteiger partial charge in [-0.25, -0.2) is 0 Å². The fourth-order valence-corrected chi connectivity index (χ4v) is 2.34. The molecule has 102 valence electrons. The summed E-state index contributed by atoms with van der Waals surface area (Å²) in [6.07, 6.45) is 2.78. The maximum absolute atomic E-state index is 6.05. The van der Waals surface area contributed by atoms with Gasteiger partial charge in [0.15, 0.2) is 0 Å². The molecule has 1 aromatic rings. The van der Waals surface area contributed by atoms with Crippen molar-refractivity contribution >= 4 is 7.12 Å². The van der Waals surface area contributed by atoms with Crippen LogP contribution in [0, 0.1) is 0 Å². The SMILES string of the molecule is C=CC(CB1OC(C)(C)C(C)(C)O1)c1ccccc1. The molecule has 2 nitrogen and oxygen atoms in total. The third-order valence-corrected chi connectivity index (χ3v) is 4.26. The van der Waals surface area contributed by atoms with Crippen molar-refractivity contribution in [3.63, 3.8) is 0 Å². The highest BCUT2D eigenvalue weighted by Crippen LogP contribution is 2.39. The molecule has 2 rings (SSSR count). The summed E-state index contributed by atoms with van der Waals surface area (Å²) < 4.78 is 12.1. The molecule has 1 aliphatic heterocycles. The van der Waals surface area contributed by atoms with E-state index in [1.54, 1.807) is 0 Å². The lowest BCUT2D eigenvalue weighted by Crippen LogP contribution is -2.41. The van der Waals surface area contributed by atoms with Gasteiger partial charge in [0, 0.05) is 5.92 Å². The van der Waals surface area contributed by atoms with E-state index in [4.69, 9.17) is 9.31 Å². The summed E-state index contributed by atoms with van der Waals surface area (Å²) in [5, 5.41) is 0. The Bertz CT molecular complexity index is 423. The number of rotatable bonds is 4. The van der Waals surface area contributed by atoms with Crippen molar-refractivity contribution in [2.45, 2.75) is 51.1 Å². The molecule has 1 aromatic carbocycles. The van der Waals surface area contributed by atoms with Crippen molar-refractivity contribution < 1.29 is 9.31 Å². The first-order valence-electron chi connectivity index (χ1n) is 6.89. The van der Waals surface area contributed by atoms with E-state index in [1.807, 2.05) is 12.1 Å². The second-order valence-corrected chi connectivity index (χ2v) is 6.17. The Morgan fingerprint density at radius 2 is 1.63 bits per heavy atom. The van der Waals surface area contributed by atoms with Crippen molar-refractivity contribution in [3.05, 3.63) is 48.6 Å². The van der Waals surface area contributed by atoms with Gasteiger partial charge in [0.25, 0.3) is 0 Å². The quantitative estimate of drug-likeness (QED) is 0.599. The minimum atomic E-state index is -0.264. The lowest BCUT2D eigenvalue weighted by Gasteiger charge is -2.32. The molecule has 1 unspecified atom stereocenters. The highest BCUT2D eigenvalue weighted by Gasteiger charge is 2.51. The fourth-order valence-electron chi connectivity index (χ4n) is 2.34. The van der Waals surface area contributed by atoms with Gasteiger partial charge in [-0.15, -0.1) is 6.58 Å². The smallest absolute Gasteiger partial charge is 0.403 e. The number of hydrogen-bond acceptors (Lipinski definition) is 2. The second-order valence-electron chi connectivity index (χ2n) is 6.17. The van der Waals surface area contributed by atoms with Crippen LogP contribution in [0.3, 0.4) is 0 Å². The van der Waals surface area contributed by atoms with Gasteiger partial charge in [0.2, 0.25) is 0 Å². The van der Waals surface area contributed by atoms with Crippen molar-refractivity contribution in [3.8, 4) is 0 Å². The lowest BCUT2D eigenvalue weighted by molar-refractivity contribution is 0.00578. The zero-order valence-electron chi connectivity index (χ0n) is 12.3. The Kier molecular flexibility index (Phi) is 3.89. The summed E-state index contributed by atoms with van der Waals surface area (Å²) in [6.45, 7) is 12.3. The van der Waals surface area contributed by atoms with Crippen LogP contribution in [-0.2, 0) is 9.31 Å². The van der Waals surface area contributed by atoms with Gasteiger partial charge in [-0.2, -0.15) is 0 Å². The van der Waals surface area contributed by atoms with E-state index >= 15 is 0 Å². The van der Waals surface area contributed by atoms with Crippen LogP contribution in [0.2, 0.25) is 6.32 Å². The first-order chi connectivity index (χ1) is 8.86. The number of allylic oxidation sites excluding steroid dienone is 1. The van der Waals surface area contributed by atoms with E-state index < -0.39 is 0 Å². The van der Waals surface area contributed by atoms with E-state index in [9.17, 15) is 0 Å². The third-order valence-electron chi connectivity index (χ3n) is 4.26. The summed E-state index contributed by atoms with van der Waals surface area (Å²) in [5.74, 6) is 0.260. The number of hydrogen-bond donors (Lipinski definition) is 0. The molecule has 0 bridgehead atoms. The normalized spacial score (nSPS) is 22.2. The van der Waals surface area contributed by atoms with Gasteiger partial charge < -0.3 is 9.31 Å². The van der Waals surface area contributed by atoms with Gasteiger partial charge in [0.05, 0.1) is 11.2 Å². The van der Waals surface area contributed by atoms with Crippen LogP contribution in [0.4, 0.5) is 0 Å². The predicted octanol–water partition coefficient (Wildman–Crippen LogP) is 4.05. The first-order valence-corrected chi connectivity index (χ1v) is 6.89. The molecule has 3 heteroatoms. The molecule has 1 fully saturated rings. The molecule has 0 aromatic heterocycles. The van der Waals surface area contributed by atoms with Crippen LogP contribution in [0.15, 0.2) is 43.0 Å². The average molecular weight is 258 g/mol. The largest absolute Gasteiger partial charge is 0.458 e. The molecule has 1 saturated heterocycles. The molecule has 0 saturated carbocycles. The minimum Gasteiger partial charge on any atom is -0.403 e. The van der Waals surface area contributed by atoms with Gasteiger partial charge >= 0.3 is 7.12 Å². The molecule has 0 aliphatic carbocycles. The van der Waals surface area contributed by atoms with Crippen molar-refractivity contribution in [1.29, 1.82) is 0 Å². The van der Waals surface area contributed by atoms with Crippen LogP contribution in [0.1, 0.15) is 39.2 Å². The maximum atomic E-state index is 6.05. The summed E-state index contributed by atoms with van der Waals surface area (Å²) in [7, 11) is -0.173. The zero-order chi connectivity index (χ0) is 14.1. The Morgan fingerprint density at radius 3 is 2.11 bits per heavy atom. The summed E-state index contributed by atoms with van der Waals surface area (Å²) >= 11 is 0. The van der Waals surface area contributed by atoms with E-state index in [-0.39, 0.29) is 24.2 Å². The molecule has 0 amide bonds. The standard InChI is InChI=1S/C16H23BO2/c1-6-13(14-10-8-7-9-11-14)12-17-18-15(2,3)16(4,5)19-17/h6-11,13H,1,12H2,2-5H3. The molecule has 0 spiro atoms. The zero-order valence-corrected chi connectivity index (χ0v) is 12.3. The molecule has 1 aliphatic rings. The van der Waals surface area contributed by atoms with Gasteiger partial charge in [0.1, 0.15) is 0 Å². The molecule has 1 heterocycles. The second kappa shape index (κ2) is 5.14. The summed E-state index contributed by atoms with van der Waals surface area (Å²) in [6, 6.07) is 10.4. The number of benzene rings is 1. The topological polar surface area (TPSA) is 18.5 Å². The van der Waals surface area contributed by atoms with E-state index in [0.29, 0.717) is 0 Å². The van der Waals surface area contributed by atoms with Crippen LogP contribution in [0.5, 0.6) is 0 Å². The average Bonchev–Trinajstić information content (AvgIpc) is 2.56. The minimum absolute atomic E-state index is 0.173. The monoisotopic (exact) mass is 258 g/mol. The highest BCUT2D eigenvalue weighted by atomic mass is 16.7. The van der Waals surface area contributed by atoms with Crippen molar-refractivity contribution in [2.75, 3.05) is 0 Å². The Labute approximate surface area is 117 Å². The maximum Gasteiger partial charge on any atom is 0.458 e. The highest BCUT2D eigenvalue weighted by molar-refractivity contribution is 6.45. The molecular weight excluding hydrogens is 235 g/mol. The summed E-state index contributed by atoms with van der Waals surface area (Å²) in [5.41, 5.74) is 0.729. The van der Waals surface area contributed by atoms with Gasteiger partial charge in [-0.1, -0.05) is 36.4 Å². The Hall–Kier alpha value is -1.06. The van der Waals surface area contributed by atoms with E-state index in [2.05, 4.69) is 58.5 Å². The Balaban J connectivity index is 2.08. The first kappa shape index (κ1) is 14.4. The fraction of sp³-hybridized carbons (Fsp3) is 0.500. The van der Waals surface area contributed by atoms with Crippen LogP contribution in [-0.4, -0.2) is 18.3 Å². The third kappa shape index (κ3) is 2.93. The van der Waals surface area contributed by atoms with Gasteiger partial charge in [-0.3, -0.25) is 0 Å².